The van der Waals surface area contributed by atoms with E-state index in [1.165, 1.54) is 0 Å². The van der Waals surface area contributed by atoms with Crippen molar-refractivity contribution in [1.29, 1.82) is 0 Å². The molecule has 2 aromatic rings. The summed E-state index contributed by atoms with van der Waals surface area (Å²) in [6.07, 6.45) is 0. The third kappa shape index (κ3) is 3.71. The molecule has 30 heavy (non-hydrogen) atoms. The molecule has 2 heterocycles. The number of aryl methyl sites for hydroxylation is 2. The fourth-order valence-electron chi connectivity index (χ4n) is 4.41. The first-order valence-corrected chi connectivity index (χ1v) is 10.3. The van der Waals surface area contributed by atoms with E-state index < -0.39 is 13.3 Å². The van der Waals surface area contributed by atoms with Crippen LogP contribution in [-0.4, -0.2) is 48.1 Å². The second kappa shape index (κ2) is 8.94. The highest BCUT2D eigenvalue weighted by atomic mass is 19.1. The summed E-state index contributed by atoms with van der Waals surface area (Å²) in [5.74, 6) is -0.0681. The van der Waals surface area contributed by atoms with Gasteiger partial charge in [0.2, 0.25) is 0 Å². The normalized spacial score (nSPS) is 19.5. The van der Waals surface area contributed by atoms with E-state index in [9.17, 15) is 18.4 Å². The standard InChI is InChI=1S/2C12H14FNO/c2*1-8-4-3-5-10-9(2)14(7-6-13)12(15)11(8)10/h2*3-5,9H,6-7H2,1-2H3. The number of nitrogens with zero attached hydrogens (tertiary/aromatic N) is 2. The second-order valence-electron chi connectivity index (χ2n) is 7.81. The summed E-state index contributed by atoms with van der Waals surface area (Å²) in [5.41, 5.74) is 5.52. The number of halogens is 2. The topological polar surface area (TPSA) is 40.6 Å². The highest BCUT2D eigenvalue weighted by molar-refractivity contribution is 6.01. The van der Waals surface area contributed by atoms with Crippen molar-refractivity contribution in [3.63, 3.8) is 0 Å². The molecule has 0 radical (unpaired) electrons. The van der Waals surface area contributed by atoms with Crippen LogP contribution in [0.4, 0.5) is 8.78 Å². The van der Waals surface area contributed by atoms with E-state index in [0.717, 1.165) is 33.4 Å². The first-order chi connectivity index (χ1) is 14.3. The Kier molecular flexibility index (Phi) is 6.54. The molecule has 2 atom stereocenters. The minimum atomic E-state index is -0.483. The maximum absolute atomic E-state index is 12.3. The largest absolute Gasteiger partial charge is 0.329 e. The maximum Gasteiger partial charge on any atom is 0.255 e. The highest BCUT2D eigenvalue weighted by Crippen LogP contribution is 2.35. The van der Waals surface area contributed by atoms with Crippen molar-refractivity contribution in [2.24, 2.45) is 0 Å². The van der Waals surface area contributed by atoms with E-state index in [1.54, 1.807) is 9.80 Å². The number of rotatable bonds is 4. The summed E-state index contributed by atoms with van der Waals surface area (Å²) in [4.78, 5) is 27.1. The van der Waals surface area contributed by atoms with Crippen molar-refractivity contribution in [3.8, 4) is 0 Å². The van der Waals surface area contributed by atoms with Crippen molar-refractivity contribution in [2.75, 3.05) is 26.4 Å². The number of hydrogen-bond acceptors (Lipinski definition) is 2. The third-order valence-electron chi connectivity index (χ3n) is 6.05. The molecule has 2 aliphatic rings. The average Bonchev–Trinajstić information content (AvgIpc) is 3.11. The van der Waals surface area contributed by atoms with Crippen LogP contribution in [-0.2, 0) is 0 Å². The van der Waals surface area contributed by atoms with Gasteiger partial charge in [0.05, 0.1) is 12.1 Å². The molecular weight excluding hydrogens is 386 g/mol. The minimum Gasteiger partial charge on any atom is -0.329 e. The zero-order valence-corrected chi connectivity index (χ0v) is 17.9. The van der Waals surface area contributed by atoms with Gasteiger partial charge in [-0.1, -0.05) is 36.4 Å². The molecule has 2 aliphatic heterocycles. The van der Waals surface area contributed by atoms with E-state index in [-0.39, 0.29) is 37.0 Å². The molecule has 160 valence electrons. The Bertz CT molecular complexity index is 883. The molecule has 0 saturated carbocycles. The van der Waals surface area contributed by atoms with E-state index in [2.05, 4.69) is 0 Å². The number of benzene rings is 2. The molecule has 2 amide bonds. The molecular formula is C24H28F2N2O2. The van der Waals surface area contributed by atoms with Crippen LogP contribution < -0.4 is 0 Å². The first-order valence-electron chi connectivity index (χ1n) is 10.3. The van der Waals surface area contributed by atoms with Gasteiger partial charge in [0.1, 0.15) is 13.3 Å². The molecule has 0 aromatic heterocycles. The lowest BCUT2D eigenvalue weighted by molar-refractivity contribution is 0.0717. The van der Waals surface area contributed by atoms with Crippen molar-refractivity contribution >= 4 is 11.8 Å². The van der Waals surface area contributed by atoms with E-state index in [1.807, 2.05) is 64.1 Å². The number of carbonyl (C=O) groups excluding carboxylic acids is 2. The van der Waals surface area contributed by atoms with E-state index in [4.69, 9.17) is 0 Å². The Balaban J connectivity index is 0.000000171. The lowest BCUT2D eigenvalue weighted by Crippen LogP contribution is -2.28. The van der Waals surface area contributed by atoms with Gasteiger partial charge in [0.15, 0.2) is 0 Å². The van der Waals surface area contributed by atoms with Gasteiger partial charge in [-0.05, 0) is 49.9 Å². The fourth-order valence-corrected chi connectivity index (χ4v) is 4.41. The fraction of sp³-hybridized carbons (Fsp3) is 0.417. The summed E-state index contributed by atoms with van der Waals surface area (Å²) < 4.78 is 24.6. The molecule has 2 aromatic carbocycles. The van der Waals surface area contributed by atoms with E-state index in [0.29, 0.717) is 0 Å². The SMILES string of the molecule is Cc1cccc2c1C(=O)N(CCF)C2C.Cc1cccc2c1C(=O)N(CCF)C2C. The Labute approximate surface area is 176 Å². The number of carbonyl (C=O) groups is 2. The zero-order valence-electron chi connectivity index (χ0n) is 17.9. The molecule has 0 aliphatic carbocycles. The molecule has 0 saturated heterocycles. The van der Waals surface area contributed by atoms with Gasteiger partial charge in [-0.25, -0.2) is 8.78 Å². The zero-order chi connectivity index (χ0) is 22.0. The second-order valence-corrected chi connectivity index (χ2v) is 7.81. The quantitative estimate of drug-likeness (QED) is 0.709. The van der Waals surface area contributed by atoms with E-state index >= 15 is 0 Å². The predicted octanol–water partition coefficient (Wildman–Crippen LogP) is 4.96. The lowest BCUT2D eigenvalue weighted by atomic mass is 10.0. The van der Waals surface area contributed by atoms with Gasteiger partial charge in [0.25, 0.3) is 11.8 Å². The molecule has 6 heteroatoms. The van der Waals surface area contributed by atoms with Crippen molar-refractivity contribution in [3.05, 3.63) is 69.8 Å². The summed E-state index contributed by atoms with van der Waals surface area (Å²) in [6.45, 7) is 7.14. The van der Waals surface area contributed by atoms with Crippen LogP contribution in [0.2, 0.25) is 0 Å². The average molecular weight is 414 g/mol. The Morgan fingerprint density at radius 3 is 1.40 bits per heavy atom. The van der Waals surface area contributed by atoms with Crippen LogP contribution in [0.25, 0.3) is 0 Å². The monoisotopic (exact) mass is 414 g/mol. The molecule has 4 nitrogen and oxygen atoms in total. The maximum atomic E-state index is 12.3. The Hall–Kier alpha value is -2.76. The van der Waals surface area contributed by atoms with Crippen LogP contribution in [0.3, 0.4) is 0 Å². The van der Waals surface area contributed by atoms with Crippen molar-refractivity contribution < 1.29 is 18.4 Å². The molecule has 0 N–H and O–H groups in total. The van der Waals surface area contributed by atoms with Gasteiger partial charge in [0, 0.05) is 24.2 Å². The first kappa shape index (κ1) is 21.9. The van der Waals surface area contributed by atoms with Crippen LogP contribution in [0.1, 0.15) is 68.9 Å². The summed E-state index contributed by atoms with van der Waals surface area (Å²) in [6, 6.07) is 11.6. The van der Waals surface area contributed by atoms with Crippen LogP contribution in [0.15, 0.2) is 36.4 Å². The lowest BCUT2D eigenvalue weighted by Gasteiger charge is -2.20. The van der Waals surface area contributed by atoms with Gasteiger partial charge in [-0.3, -0.25) is 9.59 Å². The minimum absolute atomic E-state index is 0.00292. The highest BCUT2D eigenvalue weighted by Gasteiger charge is 2.35. The summed E-state index contributed by atoms with van der Waals surface area (Å²) in [7, 11) is 0. The summed E-state index contributed by atoms with van der Waals surface area (Å²) in [5, 5.41) is 0. The third-order valence-corrected chi connectivity index (χ3v) is 6.05. The van der Waals surface area contributed by atoms with Crippen molar-refractivity contribution in [1.82, 2.24) is 9.80 Å². The van der Waals surface area contributed by atoms with Gasteiger partial charge in [-0.2, -0.15) is 0 Å². The number of hydrogen-bond donors (Lipinski definition) is 0. The van der Waals surface area contributed by atoms with Crippen LogP contribution in [0.5, 0.6) is 0 Å². The molecule has 0 bridgehead atoms. The predicted molar refractivity (Wildman–Crippen MR) is 113 cm³/mol. The number of fused-ring (bicyclic) bond motifs is 2. The molecule has 0 fully saturated rings. The summed E-state index contributed by atoms with van der Waals surface area (Å²) >= 11 is 0. The van der Waals surface area contributed by atoms with Crippen LogP contribution in [0, 0.1) is 13.8 Å². The van der Waals surface area contributed by atoms with Crippen LogP contribution >= 0.6 is 0 Å². The van der Waals surface area contributed by atoms with Crippen molar-refractivity contribution in [2.45, 2.75) is 39.8 Å². The van der Waals surface area contributed by atoms with Gasteiger partial charge < -0.3 is 9.80 Å². The molecule has 4 rings (SSSR count). The number of amides is 2. The number of alkyl halides is 2. The molecule has 2 unspecified atom stereocenters. The Morgan fingerprint density at radius 2 is 1.10 bits per heavy atom. The van der Waals surface area contributed by atoms with Gasteiger partial charge in [-0.15, -0.1) is 0 Å². The Morgan fingerprint density at radius 1 is 0.733 bits per heavy atom. The smallest absolute Gasteiger partial charge is 0.255 e. The van der Waals surface area contributed by atoms with Gasteiger partial charge >= 0.3 is 0 Å². The molecule has 0 spiro atoms.